The lowest BCUT2D eigenvalue weighted by molar-refractivity contribution is 0.478. The number of nitrogens with zero attached hydrogens (tertiary/aromatic N) is 2. The van der Waals surface area contributed by atoms with E-state index in [-0.39, 0.29) is 5.75 Å². The van der Waals surface area contributed by atoms with Crippen LogP contribution in [0.5, 0.6) is 5.75 Å². The third-order valence-corrected chi connectivity index (χ3v) is 3.79. The SMILES string of the molecule is Oc1ccccc1Nc1nc(-c2ccccc2)nc2ccccc12. The summed E-state index contributed by atoms with van der Waals surface area (Å²) in [5, 5.41) is 14.2. The number of fused-ring (bicyclic) bond motifs is 1. The first-order valence-electron chi connectivity index (χ1n) is 7.68. The lowest BCUT2D eigenvalue weighted by atomic mass is 10.2. The predicted molar refractivity (Wildman–Crippen MR) is 96.4 cm³/mol. The first kappa shape index (κ1) is 14.2. The molecule has 4 heteroatoms. The van der Waals surface area contributed by atoms with Gasteiger partial charge in [-0.05, 0) is 24.3 Å². The van der Waals surface area contributed by atoms with Crippen molar-refractivity contribution < 1.29 is 5.11 Å². The summed E-state index contributed by atoms with van der Waals surface area (Å²) in [6, 6.07) is 24.8. The quantitative estimate of drug-likeness (QED) is 0.536. The molecular weight excluding hydrogens is 298 g/mol. The normalized spacial score (nSPS) is 10.7. The lowest BCUT2D eigenvalue weighted by Crippen LogP contribution is -1.99. The third kappa shape index (κ3) is 2.65. The van der Waals surface area contributed by atoms with E-state index in [9.17, 15) is 5.11 Å². The van der Waals surface area contributed by atoms with Crippen molar-refractivity contribution in [3.05, 3.63) is 78.9 Å². The molecule has 116 valence electrons. The second-order valence-corrected chi connectivity index (χ2v) is 5.42. The molecule has 0 aliphatic rings. The highest BCUT2D eigenvalue weighted by molar-refractivity contribution is 5.92. The van der Waals surface area contributed by atoms with Gasteiger partial charge in [-0.3, -0.25) is 0 Å². The van der Waals surface area contributed by atoms with Crippen molar-refractivity contribution in [1.29, 1.82) is 0 Å². The summed E-state index contributed by atoms with van der Waals surface area (Å²) in [6.45, 7) is 0. The van der Waals surface area contributed by atoms with E-state index < -0.39 is 0 Å². The monoisotopic (exact) mass is 313 g/mol. The fourth-order valence-corrected chi connectivity index (χ4v) is 2.60. The molecule has 1 aromatic heterocycles. The van der Waals surface area contributed by atoms with Gasteiger partial charge in [-0.25, -0.2) is 9.97 Å². The van der Waals surface area contributed by atoms with Gasteiger partial charge in [0, 0.05) is 10.9 Å². The maximum atomic E-state index is 10.0. The van der Waals surface area contributed by atoms with Gasteiger partial charge in [-0.2, -0.15) is 0 Å². The van der Waals surface area contributed by atoms with Crippen LogP contribution < -0.4 is 5.32 Å². The second kappa shape index (κ2) is 6.01. The maximum absolute atomic E-state index is 10.0. The number of hydrogen-bond donors (Lipinski definition) is 2. The highest BCUT2D eigenvalue weighted by atomic mass is 16.3. The van der Waals surface area contributed by atoms with E-state index in [1.807, 2.05) is 66.7 Å². The topological polar surface area (TPSA) is 58.0 Å². The number of aromatic hydroxyl groups is 1. The van der Waals surface area contributed by atoms with E-state index >= 15 is 0 Å². The molecule has 0 aliphatic heterocycles. The largest absolute Gasteiger partial charge is 0.506 e. The Hall–Kier alpha value is -3.40. The van der Waals surface area contributed by atoms with Crippen molar-refractivity contribution in [2.24, 2.45) is 0 Å². The first-order valence-corrected chi connectivity index (χ1v) is 7.68. The summed E-state index contributed by atoms with van der Waals surface area (Å²) in [6.07, 6.45) is 0. The third-order valence-electron chi connectivity index (χ3n) is 3.79. The zero-order valence-corrected chi connectivity index (χ0v) is 12.8. The minimum absolute atomic E-state index is 0.182. The lowest BCUT2D eigenvalue weighted by Gasteiger charge is -2.12. The number of phenolic OH excluding ortho intramolecular Hbond substituents is 1. The summed E-state index contributed by atoms with van der Waals surface area (Å²) in [4.78, 5) is 9.33. The number of para-hydroxylation sites is 3. The van der Waals surface area contributed by atoms with Crippen LogP contribution in [0.3, 0.4) is 0 Å². The fourth-order valence-electron chi connectivity index (χ4n) is 2.60. The Kier molecular flexibility index (Phi) is 3.56. The van der Waals surface area contributed by atoms with Crippen molar-refractivity contribution >= 4 is 22.4 Å². The molecule has 1 heterocycles. The molecule has 0 aliphatic carbocycles. The number of benzene rings is 3. The van der Waals surface area contributed by atoms with E-state index in [1.54, 1.807) is 12.1 Å². The Bertz CT molecular complexity index is 1000. The van der Waals surface area contributed by atoms with Crippen LogP contribution in [-0.4, -0.2) is 15.1 Å². The average Bonchev–Trinajstić information content (AvgIpc) is 2.64. The molecule has 0 bridgehead atoms. The smallest absolute Gasteiger partial charge is 0.162 e. The number of anilines is 2. The summed E-state index contributed by atoms with van der Waals surface area (Å²) >= 11 is 0. The maximum Gasteiger partial charge on any atom is 0.162 e. The van der Waals surface area contributed by atoms with Crippen LogP contribution in [0.4, 0.5) is 11.5 Å². The summed E-state index contributed by atoms with van der Waals surface area (Å²) < 4.78 is 0. The van der Waals surface area contributed by atoms with Gasteiger partial charge in [0.15, 0.2) is 5.82 Å². The van der Waals surface area contributed by atoms with Gasteiger partial charge in [-0.1, -0.05) is 54.6 Å². The van der Waals surface area contributed by atoms with Gasteiger partial charge < -0.3 is 10.4 Å². The average molecular weight is 313 g/mol. The summed E-state index contributed by atoms with van der Waals surface area (Å²) in [5.41, 5.74) is 2.41. The number of aromatic nitrogens is 2. The Morgan fingerprint density at radius 2 is 1.42 bits per heavy atom. The van der Waals surface area contributed by atoms with E-state index in [1.165, 1.54) is 0 Å². The molecule has 2 N–H and O–H groups in total. The van der Waals surface area contributed by atoms with Crippen molar-refractivity contribution in [2.45, 2.75) is 0 Å². The van der Waals surface area contributed by atoms with Gasteiger partial charge in [0.1, 0.15) is 11.6 Å². The van der Waals surface area contributed by atoms with Gasteiger partial charge in [0.2, 0.25) is 0 Å². The zero-order valence-electron chi connectivity index (χ0n) is 12.8. The van der Waals surface area contributed by atoms with Crippen molar-refractivity contribution in [1.82, 2.24) is 9.97 Å². The molecule has 0 saturated heterocycles. The van der Waals surface area contributed by atoms with E-state index in [0.717, 1.165) is 16.5 Å². The molecule has 4 rings (SSSR count). The van der Waals surface area contributed by atoms with Crippen LogP contribution in [0, 0.1) is 0 Å². The number of nitrogens with one attached hydrogen (secondary N) is 1. The van der Waals surface area contributed by atoms with Crippen LogP contribution in [0.25, 0.3) is 22.3 Å². The molecule has 0 radical (unpaired) electrons. The number of rotatable bonds is 3. The van der Waals surface area contributed by atoms with Crippen molar-refractivity contribution in [2.75, 3.05) is 5.32 Å². The minimum Gasteiger partial charge on any atom is -0.506 e. The Morgan fingerprint density at radius 1 is 0.708 bits per heavy atom. The van der Waals surface area contributed by atoms with Crippen LogP contribution in [-0.2, 0) is 0 Å². The number of hydrogen-bond acceptors (Lipinski definition) is 4. The van der Waals surface area contributed by atoms with Gasteiger partial charge >= 0.3 is 0 Å². The molecule has 4 nitrogen and oxygen atoms in total. The standard InChI is InChI=1S/C20H15N3O/c24-18-13-7-6-12-17(18)22-20-15-10-4-5-11-16(15)21-19(23-20)14-8-2-1-3-9-14/h1-13,24H,(H,21,22,23). The highest BCUT2D eigenvalue weighted by Gasteiger charge is 2.10. The van der Waals surface area contributed by atoms with E-state index in [2.05, 4.69) is 15.3 Å². The molecule has 0 amide bonds. The van der Waals surface area contributed by atoms with Crippen LogP contribution in [0.2, 0.25) is 0 Å². The molecule has 0 unspecified atom stereocenters. The zero-order chi connectivity index (χ0) is 16.4. The van der Waals surface area contributed by atoms with Crippen molar-refractivity contribution in [3.8, 4) is 17.1 Å². The van der Waals surface area contributed by atoms with E-state index in [0.29, 0.717) is 17.3 Å². The summed E-state index contributed by atoms with van der Waals surface area (Å²) in [7, 11) is 0. The molecule has 0 atom stereocenters. The molecule has 0 saturated carbocycles. The fraction of sp³-hybridized carbons (Fsp3) is 0. The molecular formula is C20H15N3O. The van der Waals surface area contributed by atoms with Crippen molar-refractivity contribution in [3.63, 3.8) is 0 Å². The Morgan fingerprint density at radius 3 is 2.25 bits per heavy atom. The first-order chi connectivity index (χ1) is 11.8. The minimum atomic E-state index is 0.182. The molecule has 3 aromatic carbocycles. The van der Waals surface area contributed by atoms with Crippen LogP contribution in [0.1, 0.15) is 0 Å². The molecule has 4 aromatic rings. The second-order valence-electron chi connectivity index (χ2n) is 5.42. The van der Waals surface area contributed by atoms with Gasteiger partial charge in [-0.15, -0.1) is 0 Å². The van der Waals surface area contributed by atoms with Gasteiger partial charge in [0.25, 0.3) is 0 Å². The Labute approximate surface area is 139 Å². The highest BCUT2D eigenvalue weighted by Crippen LogP contribution is 2.30. The van der Waals surface area contributed by atoms with E-state index in [4.69, 9.17) is 0 Å². The number of phenols is 1. The Balaban J connectivity index is 1.88. The van der Waals surface area contributed by atoms with Gasteiger partial charge in [0.05, 0.1) is 11.2 Å². The summed E-state index contributed by atoms with van der Waals surface area (Å²) in [5.74, 6) is 1.50. The molecule has 0 fully saturated rings. The molecule has 24 heavy (non-hydrogen) atoms. The van der Waals surface area contributed by atoms with Crippen LogP contribution in [0.15, 0.2) is 78.9 Å². The predicted octanol–water partition coefficient (Wildman–Crippen LogP) is 4.75. The molecule has 0 spiro atoms. The van der Waals surface area contributed by atoms with Crippen LogP contribution >= 0.6 is 0 Å².